The summed E-state index contributed by atoms with van der Waals surface area (Å²) in [6.45, 7) is 8.84. The van der Waals surface area contributed by atoms with Crippen molar-refractivity contribution in [1.29, 1.82) is 0 Å². The SMILES string of the molecule is Cc1ccc(S(=O)(=O)N(CC(=O)N(Cc2c(Cl)cccc2Cl)C(C)C(=O)NCC(C)C)c2ccc(C)c(Cl)c2)cc1. The Morgan fingerprint density at radius 2 is 1.49 bits per heavy atom. The van der Waals surface area contributed by atoms with Crippen LogP contribution in [0, 0.1) is 19.8 Å². The Bertz CT molecular complexity index is 1490. The van der Waals surface area contributed by atoms with E-state index in [9.17, 15) is 18.0 Å². The summed E-state index contributed by atoms with van der Waals surface area (Å²) in [4.78, 5) is 28.5. The number of hydrogen-bond donors (Lipinski definition) is 1. The Balaban J connectivity index is 2.08. The Kier molecular flexibility index (Phi) is 11.1. The first-order valence-corrected chi connectivity index (χ1v) is 15.7. The van der Waals surface area contributed by atoms with Gasteiger partial charge in [-0.05, 0) is 68.7 Å². The average molecular weight is 639 g/mol. The summed E-state index contributed by atoms with van der Waals surface area (Å²) >= 11 is 19.2. The molecular weight excluding hydrogens is 605 g/mol. The number of halogens is 3. The topological polar surface area (TPSA) is 86.8 Å². The summed E-state index contributed by atoms with van der Waals surface area (Å²) in [5.74, 6) is -0.822. The Hall–Kier alpha value is -2.78. The van der Waals surface area contributed by atoms with Crippen molar-refractivity contribution in [2.75, 3.05) is 17.4 Å². The van der Waals surface area contributed by atoms with E-state index >= 15 is 0 Å². The van der Waals surface area contributed by atoms with Gasteiger partial charge in [0, 0.05) is 33.7 Å². The maximum atomic E-state index is 14.0. The highest BCUT2D eigenvalue weighted by Gasteiger charge is 2.33. The quantitative estimate of drug-likeness (QED) is 0.255. The van der Waals surface area contributed by atoms with Gasteiger partial charge in [-0.1, -0.05) is 78.5 Å². The second-order valence-electron chi connectivity index (χ2n) is 10.3. The van der Waals surface area contributed by atoms with Crippen molar-refractivity contribution in [1.82, 2.24) is 10.2 Å². The molecule has 1 N–H and O–H groups in total. The summed E-state index contributed by atoms with van der Waals surface area (Å²) < 4.78 is 28.9. The third-order valence-electron chi connectivity index (χ3n) is 6.57. The molecule has 3 aromatic carbocycles. The van der Waals surface area contributed by atoms with Gasteiger partial charge in [-0.2, -0.15) is 0 Å². The fraction of sp³-hybridized carbons (Fsp3) is 0.333. The second kappa shape index (κ2) is 13.9. The van der Waals surface area contributed by atoms with Gasteiger partial charge in [0.1, 0.15) is 12.6 Å². The minimum Gasteiger partial charge on any atom is -0.354 e. The molecule has 0 saturated carbocycles. The number of hydrogen-bond acceptors (Lipinski definition) is 4. The smallest absolute Gasteiger partial charge is 0.264 e. The number of benzene rings is 3. The summed E-state index contributed by atoms with van der Waals surface area (Å²) in [7, 11) is -4.21. The number of amides is 2. The van der Waals surface area contributed by atoms with Crippen LogP contribution in [-0.4, -0.2) is 44.3 Å². The number of aryl methyl sites for hydroxylation is 2. The maximum Gasteiger partial charge on any atom is 0.264 e. The number of carbonyl (C=O) groups excluding carboxylic acids is 2. The Morgan fingerprint density at radius 3 is 2.05 bits per heavy atom. The van der Waals surface area contributed by atoms with Gasteiger partial charge in [0.15, 0.2) is 0 Å². The van der Waals surface area contributed by atoms with Crippen molar-refractivity contribution in [3.63, 3.8) is 0 Å². The van der Waals surface area contributed by atoms with E-state index in [-0.39, 0.29) is 29.0 Å². The van der Waals surface area contributed by atoms with Crippen molar-refractivity contribution in [2.24, 2.45) is 5.92 Å². The Morgan fingerprint density at radius 1 is 0.878 bits per heavy atom. The third-order valence-corrected chi connectivity index (χ3v) is 9.48. The summed E-state index contributed by atoms with van der Waals surface area (Å²) in [6.07, 6.45) is 0. The third kappa shape index (κ3) is 8.16. The van der Waals surface area contributed by atoms with Crippen LogP contribution < -0.4 is 9.62 Å². The van der Waals surface area contributed by atoms with E-state index in [0.29, 0.717) is 27.2 Å². The molecule has 0 aliphatic carbocycles. The Labute approximate surface area is 257 Å². The van der Waals surface area contributed by atoms with Crippen molar-refractivity contribution < 1.29 is 18.0 Å². The highest BCUT2D eigenvalue weighted by Crippen LogP contribution is 2.30. The van der Waals surface area contributed by atoms with E-state index in [1.165, 1.54) is 23.1 Å². The van der Waals surface area contributed by atoms with Crippen molar-refractivity contribution in [2.45, 2.75) is 52.1 Å². The molecule has 220 valence electrons. The normalized spacial score (nSPS) is 12.2. The molecule has 3 aromatic rings. The van der Waals surface area contributed by atoms with Crippen molar-refractivity contribution in [3.05, 3.63) is 92.4 Å². The van der Waals surface area contributed by atoms with E-state index < -0.39 is 28.5 Å². The molecule has 0 aromatic heterocycles. The molecule has 0 spiro atoms. The van der Waals surface area contributed by atoms with Gasteiger partial charge < -0.3 is 10.2 Å². The van der Waals surface area contributed by atoms with Crippen LogP contribution in [0.4, 0.5) is 5.69 Å². The van der Waals surface area contributed by atoms with Crippen LogP contribution in [0.5, 0.6) is 0 Å². The van der Waals surface area contributed by atoms with Crippen LogP contribution in [0.2, 0.25) is 15.1 Å². The van der Waals surface area contributed by atoms with Gasteiger partial charge in [0.25, 0.3) is 10.0 Å². The standard InChI is InChI=1S/C30H34Cl3N3O4S/c1-19(2)16-34-30(38)22(5)35(17-25-26(31)7-6-8-27(25)32)29(37)18-36(23-12-11-21(4)28(33)15-23)41(39,40)24-13-9-20(3)10-14-24/h6-15,19,22H,16-18H2,1-5H3,(H,34,38). The number of carbonyl (C=O) groups is 2. The molecule has 0 heterocycles. The number of sulfonamides is 1. The first kappa shape index (κ1) is 32.7. The molecular formula is C30H34Cl3N3O4S. The van der Waals surface area contributed by atoms with Crippen LogP contribution in [0.15, 0.2) is 65.6 Å². The molecule has 3 rings (SSSR count). The molecule has 1 atom stereocenters. The number of nitrogens with zero attached hydrogens (tertiary/aromatic N) is 2. The lowest BCUT2D eigenvalue weighted by Gasteiger charge is -2.32. The van der Waals surface area contributed by atoms with Crippen LogP contribution in [0.1, 0.15) is 37.5 Å². The lowest BCUT2D eigenvalue weighted by atomic mass is 10.1. The van der Waals surface area contributed by atoms with Gasteiger partial charge in [0.2, 0.25) is 11.8 Å². The predicted molar refractivity (Wildman–Crippen MR) is 166 cm³/mol. The zero-order chi connectivity index (χ0) is 30.5. The second-order valence-corrected chi connectivity index (χ2v) is 13.4. The molecule has 0 aliphatic heterocycles. The molecule has 11 heteroatoms. The minimum atomic E-state index is -4.21. The highest BCUT2D eigenvalue weighted by molar-refractivity contribution is 7.92. The predicted octanol–water partition coefficient (Wildman–Crippen LogP) is 6.65. The lowest BCUT2D eigenvalue weighted by molar-refractivity contribution is -0.139. The van der Waals surface area contributed by atoms with Crippen LogP contribution in [0.25, 0.3) is 0 Å². The first-order chi connectivity index (χ1) is 19.2. The van der Waals surface area contributed by atoms with E-state index in [1.54, 1.807) is 56.3 Å². The largest absolute Gasteiger partial charge is 0.354 e. The first-order valence-electron chi connectivity index (χ1n) is 13.1. The van der Waals surface area contributed by atoms with E-state index in [4.69, 9.17) is 34.8 Å². The van der Waals surface area contributed by atoms with Crippen LogP contribution in [0.3, 0.4) is 0 Å². The van der Waals surface area contributed by atoms with Gasteiger partial charge in [-0.3, -0.25) is 13.9 Å². The molecule has 2 amide bonds. The minimum absolute atomic E-state index is 0.0102. The maximum absolute atomic E-state index is 14.0. The molecule has 41 heavy (non-hydrogen) atoms. The number of rotatable bonds is 11. The monoisotopic (exact) mass is 637 g/mol. The van der Waals surface area contributed by atoms with Gasteiger partial charge >= 0.3 is 0 Å². The van der Waals surface area contributed by atoms with E-state index in [0.717, 1.165) is 15.4 Å². The molecule has 0 radical (unpaired) electrons. The molecule has 0 aliphatic rings. The van der Waals surface area contributed by atoms with Gasteiger partial charge in [-0.25, -0.2) is 8.42 Å². The molecule has 0 saturated heterocycles. The zero-order valence-electron chi connectivity index (χ0n) is 23.6. The van der Waals surface area contributed by atoms with E-state index in [2.05, 4.69) is 5.32 Å². The lowest BCUT2D eigenvalue weighted by Crippen LogP contribution is -2.51. The zero-order valence-corrected chi connectivity index (χ0v) is 26.7. The summed E-state index contributed by atoms with van der Waals surface area (Å²) in [6, 6.07) is 15.1. The molecule has 1 unspecified atom stereocenters. The highest BCUT2D eigenvalue weighted by atomic mass is 35.5. The fourth-order valence-electron chi connectivity index (χ4n) is 3.99. The summed E-state index contributed by atoms with van der Waals surface area (Å²) in [5.41, 5.74) is 2.29. The van der Waals surface area contributed by atoms with Crippen LogP contribution in [-0.2, 0) is 26.2 Å². The average Bonchev–Trinajstić information content (AvgIpc) is 2.91. The molecule has 0 bridgehead atoms. The summed E-state index contributed by atoms with van der Waals surface area (Å²) in [5, 5.41) is 3.83. The van der Waals surface area contributed by atoms with Gasteiger partial charge in [-0.15, -0.1) is 0 Å². The van der Waals surface area contributed by atoms with Gasteiger partial charge in [0.05, 0.1) is 10.6 Å². The molecule has 0 fully saturated rings. The van der Waals surface area contributed by atoms with Crippen molar-refractivity contribution >= 4 is 62.3 Å². The fourth-order valence-corrected chi connectivity index (χ4v) is 6.09. The van der Waals surface area contributed by atoms with Crippen molar-refractivity contribution in [3.8, 4) is 0 Å². The molecule has 7 nitrogen and oxygen atoms in total. The number of anilines is 1. The van der Waals surface area contributed by atoms with Crippen LogP contribution >= 0.6 is 34.8 Å². The number of nitrogens with one attached hydrogen (secondary N) is 1. The van der Waals surface area contributed by atoms with E-state index in [1.807, 2.05) is 20.8 Å².